The van der Waals surface area contributed by atoms with Gasteiger partial charge in [0.1, 0.15) is 12.1 Å². The average molecular weight is 407 g/mol. The molecule has 1 amide bonds. The number of rotatable bonds is 5. The van der Waals surface area contributed by atoms with E-state index < -0.39 is 0 Å². The molecule has 8 heteroatoms. The SMILES string of the molecule is CC(C)(C)c1cc(NC(=O)Cc2ccc(Nc3ncnc4ccsc34)cc2)no1. The van der Waals surface area contributed by atoms with E-state index in [-0.39, 0.29) is 17.7 Å². The number of carbonyl (C=O) groups excluding carboxylic acids is 1. The summed E-state index contributed by atoms with van der Waals surface area (Å²) < 4.78 is 6.31. The monoisotopic (exact) mass is 407 g/mol. The first-order valence-corrected chi connectivity index (χ1v) is 10.1. The van der Waals surface area contributed by atoms with Crippen molar-refractivity contribution in [1.29, 1.82) is 0 Å². The van der Waals surface area contributed by atoms with Gasteiger partial charge in [0.25, 0.3) is 0 Å². The molecule has 4 rings (SSSR count). The van der Waals surface area contributed by atoms with Crippen molar-refractivity contribution in [3.05, 3.63) is 59.4 Å². The summed E-state index contributed by atoms with van der Waals surface area (Å²) in [5.41, 5.74) is 2.56. The molecular weight excluding hydrogens is 386 g/mol. The van der Waals surface area contributed by atoms with Crippen LogP contribution in [0.15, 0.2) is 52.6 Å². The Bertz CT molecular complexity index is 1140. The molecular formula is C21H21N5O2S. The molecule has 0 aliphatic carbocycles. The first-order valence-electron chi connectivity index (χ1n) is 9.20. The Morgan fingerprint density at radius 1 is 1.14 bits per heavy atom. The largest absolute Gasteiger partial charge is 0.359 e. The fourth-order valence-corrected chi connectivity index (χ4v) is 3.57. The molecule has 0 saturated heterocycles. The Morgan fingerprint density at radius 3 is 2.66 bits per heavy atom. The standard InChI is InChI=1S/C21H21N5O2S/c1-21(2,3)16-11-17(26-28-16)25-18(27)10-13-4-6-14(7-5-13)24-20-19-15(8-9-29-19)22-12-23-20/h4-9,11-12H,10H2,1-3H3,(H,22,23,24)(H,25,26,27). The Hall–Kier alpha value is -3.26. The summed E-state index contributed by atoms with van der Waals surface area (Å²) in [5, 5.41) is 12.0. The molecule has 0 atom stereocenters. The number of fused-ring (bicyclic) bond motifs is 1. The summed E-state index contributed by atoms with van der Waals surface area (Å²) in [6, 6.07) is 11.4. The van der Waals surface area contributed by atoms with Crippen LogP contribution in [0.4, 0.5) is 17.3 Å². The Morgan fingerprint density at radius 2 is 1.93 bits per heavy atom. The number of carbonyl (C=O) groups is 1. The van der Waals surface area contributed by atoms with Crippen LogP contribution in [0.5, 0.6) is 0 Å². The number of nitrogens with zero attached hydrogens (tertiary/aromatic N) is 3. The normalized spacial score (nSPS) is 11.6. The number of aromatic nitrogens is 3. The molecule has 0 spiro atoms. The van der Waals surface area contributed by atoms with E-state index in [9.17, 15) is 4.79 Å². The lowest BCUT2D eigenvalue weighted by molar-refractivity contribution is -0.115. The summed E-state index contributed by atoms with van der Waals surface area (Å²) in [6.07, 6.45) is 1.80. The van der Waals surface area contributed by atoms with Crippen LogP contribution in [-0.4, -0.2) is 21.0 Å². The molecule has 0 aliphatic heterocycles. The molecule has 0 fully saturated rings. The van der Waals surface area contributed by atoms with E-state index in [0.717, 1.165) is 33.0 Å². The molecule has 3 aromatic heterocycles. The van der Waals surface area contributed by atoms with E-state index in [1.54, 1.807) is 23.7 Å². The molecule has 0 bridgehead atoms. The van der Waals surface area contributed by atoms with Gasteiger partial charge in [0.15, 0.2) is 11.6 Å². The van der Waals surface area contributed by atoms with Crippen LogP contribution in [0.1, 0.15) is 32.1 Å². The van der Waals surface area contributed by atoms with Gasteiger partial charge in [-0.3, -0.25) is 4.79 Å². The molecule has 7 nitrogen and oxygen atoms in total. The number of hydrogen-bond donors (Lipinski definition) is 2. The smallest absolute Gasteiger partial charge is 0.230 e. The van der Waals surface area contributed by atoms with Crippen molar-refractivity contribution in [2.75, 3.05) is 10.6 Å². The number of benzene rings is 1. The van der Waals surface area contributed by atoms with Gasteiger partial charge in [-0.1, -0.05) is 38.1 Å². The van der Waals surface area contributed by atoms with Gasteiger partial charge in [0.05, 0.1) is 16.6 Å². The highest BCUT2D eigenvalue weighted by Gasteiger charge is 2.20. The molecule has 4 aromatic rings. The van der Waals surface area contributed by atoms with Gasteiger partial charge < -0.3 is 15.2 Å². The van der Waals surface area contributed by atoms with Gasteiger partial charge in [-0.05, 0) is 29.1 Å². The molecule has 0 aliphatic rings. The minimum Gasteiger partial charge on any atom is -0.359 e. The minimum absolute atomic E-state index is 0.143. The predicted molar refractivity (Wildman–Crippen MR) is 115 cm³/mol. The van der Waals surface area contributed by atoms with Crippen molar-refractivity contribution < 1.29 is 9.32 Å². The van der Waals surface area contributed by atoms with E-state index in [1.165, 1.54) is 0 Å². The molecule has 1 aromatic carbocycles. The second kappa shape index (κ2) is 7.63. The first kappa shape index (κ1) is 19.1. The van der Waals surface area contributed by atoms with Crippen molar-refractivity contribution in [3.8, 4) is 0 Å². The van der Waals surface area contributed by atoms with Crippen LogP contribution in [-0.2, 0) is 16.6 Å². The van der Waals surface area contributed by atoms with Gasteiger partial charge >= 0.3 is 0 Å². The maximum atomic E-state index is 12.3. The highest BCUT2D eigenvalue weighted by molar-refractivity contribution is 7.17. The second-order valence-electron chi connectivity index (χ2n) is 7.73. The van der Waals surface area contributed by atoms with Crippen LogP contribution >= 0.6 is 11.3 Å². The third kappa shape index (κ3) is 4.43. The number of thiophene rings is 1. The summed E-state index contributed by atoms with van der Waals surface area (Å²) in [5.74, 6) is 1.79. The van der Waals surface area contributed by atoms with Crippen LogP contribution in [0.25, 0.3) is 10.2 Å². The van der Waals surface area contributed by atoms with Gasteiger partial charge in [-0.25, -0.2) is 9.97 Å². The van der Waals surface area contributed by atoms with E-state index in [1.807, 2.05) is 56.5 Å². The van der Waals surface area contributed by atoms with Crippen LogP contribution < -0.4 is 10.6 Å². The molecule has 3 heterocycles. The number of amides is 1. The zero-order chi connectivity index (χ0) is 20.4. The summed E-state index contributed by atoms with van der Waals surface area (Å²) >= 11 is 1.59. The quantitative estimate of drug-likeness (QED) is 0.489. The number of hydrogen-bond acceptors (Lipinski definition) is 7. The maximum absolute atomic E-state index is 12.3. The van der Waals surface area contributed by atoms with Gasteiger partial charge in [-0.15, -0.1) is 11.3 Å². The van der Waals surface area contributed by atoms with Crippen LogP contribution in [0, 0.1) is 0 Å². The first-order chi connectivity index (χ1) is 13.9. The molecule has 2 N–H and O–H groups in total. The fourth-order valence-electron chi connectivity index (χ4n) is 2.78. The predicted octanol–water partition coefficient (Wildman–Crippen LogP) is 4.90. The lowest BCUT2D eigenvalue weighted by Gasteiger charge is -2.12. The van der Waals surface area contributed by atoms with Crippen LogP contribution in [0.2, 0.25) is 0 Å². The van der Waals surface area contributed by atoms with Crippen molar-refractivity contribution in [3.63, 3.8) is 0 Å². The van der Waals surface area contributed by atoms with Crippen molar-refractivity contribution in [1.82, 2.24) is 15.1 Å². The summed E-state index contributed by atoms with van der Waals surface area (Å²) in [6.45, 7) is 6.08. The highest BCUT2D eigenvalue weighted by Crippen LogP contribution is 2.27. The Balaban J connectivity index is 1.38. The molecule has 0 saturated carbocycles. The molecule has 29 heavy (non-hydrogen) atoms. The van der Waals surface area contributed by atoms with E-state index in [4.69, 9.17) is 4.52 Å². The number of nitrogens with one attached hydrogen (secondary N) is 2. The zero-order valence-corrected chi connectivity index (χ0v) is 17.2. The average Bonchev–Trinajstić information content (AvgIpc) is 3.33. The van der Waals surface area contributed by atoms with E-state index >= 15 is 0 Å². The fraction of sp³-hybridized carbons (Fsp3) is 0.238. The Labute approximate surface area is 172 Å². The third-order valence-electron chi connectivity index (χ3n) is 4.34. The maximum Gasteiger partial charge on any atom is 0.230 e. The third-order valence-corrected chi connectivity index (χ3v) is 5.25. The van der Waals surface area contributed by atoms with Crippen molar-refractivity contribution in [2.45, 2.75) is 32.6 Å². The van der Waals surface area contributed by atoms with Gasteiger partial charge in [-0.2, -0.15) is 0 Å². The van der Waals surface area contributed by atoms with Crippen molar-refractivity contribution in [2.24, 2.45) is 0 Å². The zero-order valence-electron chi connectivity index (χ0n) is 16.4. The van der Waals surface area contributed by atoms with Crippen molar-refractivity contribution >= 4 is 44.8 Å². The van der Waals surface area contributed by atoms with Gasteiger partial charge in [0, 0.05) is 17.2 Å². The van der Waals surface area contributed by atoms with Gasteiger partial charge in [0.2, 0.25) is 5.91 Å². The number of anilines is 3. The topological polar surface area (TPSA) is 92.9 Å². The lowest BCUT2D eigenvalue weighted by Crippen LogP contribution is -2.14. The summed E-state index contributed by atoms with van der Waals surface area (Å²) in [7, 11) is 0. The highest BCUT2D eigenvalue weighted by atomic mass is 32.1. The summed E-state index contributed by atoms with van der Waals surface area (Å²) in [4.78, 5) is 20.9. The molecule has 148 valence electrons. The second-order valence-corrected chi connectivity index (χ2v) is 8.65. The Kier molecular flexibility index (Phi) is 5.02. The minimum atomic E-state index is -0.156. The van der Waals surface area contributed by atoms with E-state index in [0.29, 0.717) is 5.82 Å². The van der Waals surface area contributed by atoms with Crippen LogP contribution in [0.3, 0.4) is 0 Å². The molecule has 0 radical (unpaired) electrons. The molecule has 0 unspecified atom stereocenters. The lowest BCUT2D eigenvalue weighted by atomic mass is 9.93. The van der Waals surface area contributed by atoms with E-state index in [2.05, 4.69) is 25.8 Å².